The number of ether oxygens (including phenoxy) is 7. The lowest BCUT2D eigenvalue weighted by Gasteiger charge is -2.16. The molecule has 0 unspecified atom stereocenters. The van der Waals surface area contributed by atoms with Crippen LogP contribution in [0.5, 0.6) is 0 Å². The minimum Gasteiger partial charge on any atom is -0.379 e. The van der Waals surface area contributed by atoms with Gasteiger partial charge in [0.15, 0.2) is 0 Å². The van der Waals surface area contributed by atoms with E-state index in [2.05, 4.69) is 26.0 Å². The van der Waals surface area contributed by atoms with Crippen molar-refractivity contribution in [1.29, 1.82) is 0 Å². The summed E-state index contributed by atoms with van der Waals surface area (Å²) >= 11 is 1.90. The molecule has 2 fully saturated rings. The molecule has 3 N–H and O–H groups in total. The molecule has 15 nitrogen and oxygen atoms in total. The summed E-state index contributed by atoms with van der Waals surface area (Å²) in [5, 5.41) is 12.6. The smallest absolute Gasteiger partial charge is 0.315 e. The van der Waals surface area contributed by atoms with Gasteiger partial charge in [-0.05, 0) is 18.4 Å². The lowest BCUT2D eigenvalue weighted by atomic mass is 10.0. The Balaban J connectivity index is 1.20. The van der Waals surface area contributed by atoms with Gasteiger partial charge in [-0.15, -0.1) is 0 Å². The normalized spacial score (nSPS) is 19.2. The number of nitrogens with one attached hydrogen (secondary N) is 3. The zero-order valence-corrected chi connectivity index (χ0v) is 25.3. The third kappa shape index (κ3) is 18.6. The maximum Gasteiger partial charge on any atom is 0.315 e. The summed E-state index contributed by atoms with van der Waals surface area (Å²) in [5.41, 5.74) is 8.13. The van der Waals surface area contributed by atoms with E-state index >= 15 is 0 Å². The Hall–Kier alpha value is -1.88. The number of amides is 3. The third-order valence-corrected chi connectivity index (χ3v) is 7.79. The van der Waals surface area contributed by atoms with Crippen LogP contribution < -0.4 is 16.0 Å². The summed E-state index contributed by atoms with van der Waals surface area (Å²) in [6, 6.07) is 0.411. The van der Waals surface area contributed by atoms with Crippen molar-refractivity contribution in [2.24, 2.45) is 5.11 Å². The lowest BCUT2D eigenvalue weighted by Crippen LogP contribution is -2.36. The van der Waals surface area contributed by atoms with Gasteiger partial charge in [0.1, 0.15) is 0 Å². The van der Waals surface area contributed by atoms with E-state index in [0.29, 0.717) is 117 Å². The van der Waals surface area contributed by atoms with Gasteiger partial charge in [0.05, 0.1) is 105 Å². The molecule has 16 heteroatoms. The number of urea groups is 1. The minimum atomic E-state index is -0.0609. The van der Waals surface area contributed by atoms with Crippen molar-refractivity contribution in [2.75, 3.05) is 111 Å². The Morgan fingerprint density at radius 3 is 1.88 bits per heavy atom. The van der Waals surface area contributed by atoms with E-state index in [1.165, 1.54) is 0 Å². The van der Waals surface area contributed by atoms with Crippen molar-refractivity contribution in [3.05, 3.63) is 10.4 Å². The molecule has 0 aromatic heterocycles. The summed E-state index contributed by atoms with van der Waals surface area (Å²) in [5.74, 6) is 1.00. The number of azide groups is 1. The van der Waals surface area contributed by atoms with Crippen LogP contribution in [-0.2, 0) is 38.0 Å². The standard InChI is InChI=1S/C26H48N6O9S/c27-32-29-6-8-36-10-12-38-14-16-40-18-20-41-19-17-39-15-13-37-11-9-35-7-5-28-24(33)4-2-1-3-23-25-22(21-42-23)30-26(34)31-25/h22-23,25H,1-21H2,(H,28,33)(H2,30,31,34)/t22-,23+,25+/m0/s1. The van der Waals surface area contributed by atoms with Gasteiger partial charge in [-0.2, -0.15) is 11.8 Å². The highest BCUT2D eigenvalue weighted by Gasteiger charge is 2.42. The van der Waals surface area contributed by atoms with Crippen LogP contribution in [0, 0.1) is 0 Å². The zero-order valence-electron chi connectivity index (χ0n) is 24.5. The Morgan fingerprint density at radius 2 is 1.33 bits per heavy atom. The molecule has 42 heavy (non-hydrogen) atoms. The molecule has 0 aliphatic carbocycles. The Bertz CT molecular complexity index is 766. The Labute approximate surface area is 252 Å². The van der Waals surface area contributed by atoms with Crippen LogP contribution in [-0.4, -0.2) is 141 Å². The number of nitrogens with zero attached hydrogens (tertiary/aromatic N) is 3. The molecule has 0 aromatic rings. The molecule has 2 rings (SSSR count). The second-order valence-electron chi connectivity index (χ2n) is 9.46. The van der Waals surface area contributed by atoms with Crippen molar-refractivity contribution in [2.45, 2.75) is 43.0 Å². The fraction of sp³-hybridized carbons (Fsp3) is 0.923. The first-order valence-corrected chi connectivity index (χ1v) is 15.8. The first kappa shape index (κ1) is 36.3. The van der Waals surface area contributed by atoms with E-state index in [0.717, 1.165) is 25.0 Å². The summed E-state index contributed by atoms with van der Waals surface area (Å²) in [6.45, 7) is 7.37. The first-order valence-electron chi connectivity index (χ1n) is 14.7. The van der Waals surface area contributed by atoms with Crippen molar-refractivity contribution < 1.29 is 42.7 Å². The van der Waals surface area contributed by atoms with Gasteiger partial charge < -0.3 is 49.1 Å². The molecule has 0 spiro atoms. The van der Waals surface area contributed by atoms with E-state index in [4.69, 9.17) is 38.7 Å². The molecule has 3 amide bonds. The maximum atomic E-state index is 12.0. The summed E-state index contributed by atoms with van der Waals surface area (Å²) in [6.07, 6.45) is 3.34. The number of unbranched alkanes of at least 4 members (excludes halogenated alkanes) is 1. The van der Waals surface area contributed by atoms with Gasteiger partial charge in [0.25, 0.3) is 0 Å². The van der Waals surface area contributed by atoms with Gasteiger partial charge in [-0.1, -0.05) is 11.5 Å². The zero-order chi connectivity index (χ0) is 29.9. The van der Waals surface area contributed by atoms with Crippen molar-refractivity contribution >= 4 is 23.7 Å². The van der Waals surface area contributed by atoms with Gasteiger partial charge in [0.2, 0.25) is 5.91 Å². The predicted octanol–water partition coefficient (Wildman–Crippen LogP) is 1.25. The van der Waals surface area contributed by atoms with E-state index in [1.54, 1.807) is 0 Å². The van der Waals surface area contributed by atoms with Crippen LogP contribution in [0.2, 0.25) is 0 Å². The summed E-state index contributed by atoms with van der Waals surface area (Å²) < 4.78 is 37.8. The number of hydrogen-bond acceptors (Lipinski definition) is 11. The minimum absolute atomic E-state index is 0.0424. The molecule has 0 aromatic carbocycles. The molecule has 2 heterocycles. The lowest BCUT2D eigenvalue weighted by molar-refractivity contribution is -0.121. The topological polar surface area (TPSA) is 184 Å². The van der Waals surface area contributed by atoms with Gasteiger partial charge in [0, 0.05) is 35.4 Å². The number of hydrogen-bond donors (Lipinski definition) is 3. The number of rotatable bonds is 29. The SMILES string of the molecule is [N-]=[N+]=NCCOCCOCCOCCOCCOCCOCCOCCNC(=O)CCCC[C@H]1SC[C@@H]2NC(=O)N[C@H]21. The predicted molar refractivity (Wildman–Crippen MR) is 157 cm³/mol. The highest BCUT2D eigenvalue weighted by molar-refractivity contribution is 8.00. The van der Waals surface area contributed by atoms with Crippen LogP contribution >= 0.6 is 11.8 Å². The average molecular weight is 621 g/mol. The maximum absolute atomic E-state index is 12.0. The van der Waals surface area contributed by atoms with Crippen molar-refractivity contribution in [3.63, 3.8) is 0 Å². The van der Waals surface area contributed by atoms with Crippen LogP contribution in [0.15, 0.2) is 5.11 Å². The Kier molecular flexibility index (Phi) is 22.1. The van der Waals surface area contributed by atoms with Crippen LogP contribution in [0.4, 0.5) is 4.79 Å². The largest absolute Gasteiger partial charge is 0.379 e. The van der Waals surface area contributed by atoms with Crippen molar-refractivity contribution in [3.8, 4) is 0 Å². The highest BCUT2D eigenvalue weighted by Crippen LogP contribution is 2.33. The molecule has 0 saturated carbocycles. The molecular formula is C26H48N6O9S. The molecule has 0 radical (unpaired) electrons. The number of carbonyl (C=O) groups excluding carboxylic acids is 2. The first-order chi connectivity index (χ1) is 20.7. The number of fused-ring (bicyclic) bond motifs is 1. The average Bonchev–Trinajstić information content (AvgIpc) is 3.54. The number of carbonyl (C=O) groups is 2. The van der Waals surface area contributed by atoms with Crippen LogP contribution in [0.1, 0.15) is 25.7 Å². The summed E-state index contributed by atoms with van der Waals surface area (Å²) in [4.78, 5) is 26.1. The van der Waals surface area contributed by atoms with E-state index in [1.807, 2.05) is 11.8 Å². The van der Waals surface area contributed by atoms with Crippen molar-refractivity contribution in [1.82, 2.24) is 16.0 Å². The monoisotopic (exact) mass is 620 g/mol. The number of thioether (sulfide) groups is 1. The second kappa shape index (κ2) is 25.6. The third-order valence-electron chi connectivity index (χ3n) is 6.28. The fourth-order valence-electron chi connectivity index (χ4n) is 4.20. The summed E-state index contributed by atoms with van der Waals surface area (Å²) in [7, 11) is 0. The molecule has 242 valence electrons. The Morgan fingerprint density at radius 1 is 0.810 bits per heavy atom. The van der Waals surface area contributed by atoms with E-state index in [9.17, 15) is 9.59 Å². The molecule has 0 bridgehead atoms. The van der Waals surface area contributed by atoms with Gasteiger partial charge in [-0.25, -0.2) is 4.79 Å². The van der Waals surface area contributed by atoms with E-state index in [-0.39, 0.29) is 24.0 Å². The van der Waals surface area contributed by atoms with Gasteiger partial charge >= 0.3 is 6.03 Å². The van der Waals surface area contributed by atoms with Crippen LogP contribution in [0.3, 0.4) is 0 Å². The molecule has 3 atom stereocenters. The quantitative estimate of drug-likeness (QED) is 0.0362. The van der Waals surface area contributed by atoms with Gasteiger partial charge in [-0.3, -0.25) is 4.79 Å². The van der Waals surface area contributed by atoms with E-state index < -0.39 is 0 Å². The molecule has 2 saturated heterocycles. The second-order valence-corrected chi connectivity index (χ2v) is 10.7. The molecule has 2 aliphatic rings. The highest BCUT2D eigenvalue weighted by atomic mass is 32.2. The fourth-order valence-corrected chi connectivity index (χ4v) is 5.74. The molecular weight excluding hydrogens is 572 g/mol. The molecule has 2 aliphatic heterocycles. The van der Waals surface area contributed by atoms with Crippen LogP contribution in [0.25, 0.3) is 10.4 Å².